The molecule has 30 heavy (non-hydrogen) atoms. The lowest BCUT2D eigenvalue weighted by Gasteiger charge is -2.43. The molecule has 3 aliphatic heterocycles. The van der Waals surface area contributed by atoms with Gasteiger partial charge in [-0.1, -0.05) is 29.3 Å². The maximum atomic E-state index is 13.9. The number of nitrogens with zero attached hydrogens (tertiary/aromatic N) is 2. The maximum absolute atomic E-state index is 13.9. The Bertz CT molecular complexity index is 791. The molecule has 3 aliphatic rings. The number of halogens is 2. The van der Waals surface area contributed by atoms with Gasteiger partial charge in [0.25, 0.3) is 0 Å². The van der Waals surface area contributed by atoms with Gasteiger partial charge in [-0.2, -0.15) is 0 Å². The Kier molecular flexibility index (Phi) is 6.88. The van der Waals surface area contributed by atoms with Crippen LogP contribution in [0.4, 0.5) is 0 Å². The van der Waals surface area contributed by atoms with Crippen LogP contribution in [0, 0.1) is 5.92 Å². The molecular weight excluding hydrogens is 427 g/mol. The quantitative estimate of drug-likeness (QED) is 0.703. The number of hydrogen-bond donors (Lipinski definition) is 0. The van der Waals surface area contributed by atoms with E-state index in [4.69, 9.17) is 32.7 Å². The molecule has 3 fully saturated rings. The zero-order valence-corrected chi connectivity index (χ0v) is 18.6. The highest BCUT2D eigenvalue weighted by molar-refractivity contribution is 6.35. The van der Waals surface area contributed by atoms with Crippen LogP contribution in [0.15, 0.2) is 18.2 Å². The van der Waals surface area contributed by atoms with Crippen LogP contribution in [-0.4, -0.2) is 74.2 Å². The largest absolute Gasteiger partial charge is 0.381 e. The summed E-state index contributed by atoms with van der Waals surface area (Å²) in [6.07, 6.45) is 2.79. The van der Waals surface area contributed by atoms with Crippen molar-refractivity contribution in [2.45, 2.75) is 31.1 Å². The van der Waals surface area contributed by atoms with Crippen LogP contribution in [0.25, 0.3) is 0 Å². The molecule has 2 amide bonds. The monoisotopic (exact) mass is 454 g/mol. The minimum Gasteiger partial charge on any atom is -0.381 e. The van der Waals surface area contributed by atoms with Gasteiger partial charge in [-0.3, -0.25) is 9.59 Å². The zero-order chi connectivity index (χ0) is 21.1. The summed E-state index contributed by atoms with van der Waals surface area (Å²) in [6.45, 7) is 4.57. The molecule has 6 nitrogen and oxygen atoms in total. The lowest BCUT2D eigenvalue weighted by atomic mass is 9.72. The van der Waals surface area contributed by atoms with E-state index in [0.717, 1.165) is 18.4 Å². The Labute approximate surface area is 187 Å². The third-order valence-electron chi connectivity index (χ3n) is 6.58. The Hall–Kier alpha value is -1.34. The van der Waals surface area contributed by atoms with Crippen LogP contribution in [0.3, 0.4) is 0 Å². The standard InChI is InChI=1S/C22H28Cl2N2O4/c23-17-3-4-18(19(24)14-17)22(5-10-29-11-6-22)21(28)26-7-1-2-16(15-26)20(27)25-8-12-30-13-9-25/h3-4,14,16H,1-2,5-13,15H2. The molecule has 1 atom stereocenters. The summed E-state index contributed by atoms with van der Waals surface area (Å²) in [4.78, 5) is 30.7. The summed E-state index contributed by atoms with van der Waals surface area (Å²) in [5, 5.41) is 1.06. The topological polar surface area (TPSA) is 59.1 Å². The first-order valence-corrected chi connectivity index (χ1v) is 11.5. The molecule has 4 rings (SSSR count). The van der Waals surface area contributed by atoms with E-state index in [1.807, 2.05) is 15.9 Å². The maximum Gasteiger partial charge on any atom is 0.233 e. The summed E-state index contributed by atoms with van der Waals surface area (Å²) in [5.74, 6) is 0.0363. The smallest absolute Gasteiger partial charge is 0.233 e. The van der Waals surface area contributed by atoms with Crippen molar-refractivity contribution in [1.82, 2.24) is 9.80 Å². The van der Waals surface area contributed by atoms with E-state index in [1.54, 1.807) is 12.1 Å². The zero-order valence-electron chi connectivity index (χ0n) is 17.1. The van der Waals surface area contributed by atoms with Crippen LogP contribution in [0.2, 0.25) is 10.0 Å². The minimum absolute atomic E-state index is 0.0505. The van der Waals surface area contributed by atoms with Crippen LogP contribution in [-0.2, 0) is 24.5 Å². The SMILES string of the molecule is O=C(C1CCCN(C(=O)C2(c3ccc(Cl)cc3Cl)CCOCC2)C1)N1CCOCC1. The first kappa shape index (κ1) is 21.9. The molecule has 8 heteroatoms. The Morgan fingerprint density at radius 2 is 1.67 bits per heavy atom. The van der Waals surface area contributed by atoms with Crippen molar-refractivity contribution in [3.05, 3.63) is 33.8 Å². The van der Waals surface area contributed by atoms with Gasteiger partial charge in [0.2, 0.25) is 11.8 Å². The van der Waals surface area contributed by atoms with E-state index < -0.39 is 5.41 Å². The van der Waals surface area contributed by atoms with Crippen LogP contribution >= 0.6 is 23.2 Å². The number of benzene rings is 1. The first-order chi connectivity index (χ1) is 14.5. The molecule has 164 valence electrons. The van der Waals surface area contributed by atoms with Gasteiger partial charge in [-0.05, 0) is 43.4 Å². The van der Waals surface area contributed by atoms with Crippen molar-refractivity contribution < 1.29 is 19.1 Å². The highest BCUT2D eigenvalue weighted by Crippen LogP contribution is 2.42. The average Bonchev–Trinajstić information content (AvgIpc) is 2.79. The van der Waals surface area contributed by atoms with Crippen LogP contribution in [0.5, 0.6) is 0 Å². The summed E-state index contributed by atoms with van der Waals surface area (Å²) in [6, 6.07) is 5.35. The lowest BCUT2D eigenvalue weighted by molar-refractivity contribution is -0.148. The number of ether oxygens (including phenoxy) is 2. The predicted octanol–water partition coefficient (Wildman–Crippen LogP) is 3.14. The number of morpholine rings is 1. The average molecular weight is 455 g/mol. The van der Waals surface area contributed by atoms with Crippen LogP contribution < -0.4 is 0 Å². The highest BCUT2D eigenvalue weighted by atomic mass is 35.5. The van der Waals surface area contributed by atoms with Crippen LogP contribution in [0.1, 0.15) is 31.2 Å². The van der Waals surface area contributed by atoms with Gasteiger partial charge in [0, 0.05) is 49.4 Å². The molecular formula is C22H28Cl2N2O4. The second kappa shape index (κ2) is 9.43. The molecule has 1 unspecified atom stereocenters. The Balaban J connectivity index is 1.56. The summed E-state index contributed by atoms with van der Waals surface area (Å²) in [5.41, 5.74) is 0.0765. The van der Waals surface area contributed by atoms with E-state index in [9.17, 15) is 9.59 Å². The number of rotatable bonds is 3. The number of carbonyl (C=O) groups is 2. The minimum atomic E-state index is -0.732. The van der Waals surface area contributed by atoms with E-state index in [1.165, 1.54) is 0 Å². The van der Waals surface area contributed by atoms with Gasteiger partial charge in [-0.25, -0.2) is 0 Å². The van der Waals surface area contributed by atoms with E-state index in [0.29, 0.717) is 75.5 Å². The fourth-order valence-electron chi connectivity index (χ4n) is 4.90. The molecule has 0 aliphatic carbocycles. The van der Waals surface area contributed by atoms with Crippen molar-refractivity contribution in [2.24, 2.45) is 5.92 Å². The molecule has 0 bridgehead atoms. The molecule has 1 aromatic carbocycles. The third kappa shape index (κ3) is 4.33. The number of hydrogen-bond acceptors (Lipinski definition) is 4. The molecule has 0 radical (unpaired) electrons. The summed E-state index contributed by atoms with van der Waals surface area (Å²) in [7, 11) is 0. The Morgan fingerprint density at radius 3 is 2.37 bits per heavy atom. The first-order valence-electron chi connectivity index (χ1n) is 10.7. The second-order valence-corrected chi connectivity index (χ2v) is 9.19. The fourth-order valence-corrected chi connectivity index (χ4v) is 5.49. The summed E-state index contributed by atoms with van der Waals surface area (Å²) < 4.78 is 10.9. The van der Waals surface area contributed by atoms with Gasteiger partial charge in [0.15, 0.2) is 0 Å². The Morgan fingerprint density at radius 1 is 0.967 bits per heavy atom. The molecule has 1 aromatic rings. The molecule has 0 saturated carbocycles. The molecule has 0 aromatic heterocycles. The molecule has 0 spiro atoms. The second-order valence-electron chi connectivity index (χ2n) is 8.35. The van der Waals surface area contributed by atoms with E-state index in [2.05, 4.69) is 0 Å². The number of piperidine rings is 1. The van der Waals surface area contributed by atoms with E-state index >= 15 is 0 Å². The normalized spacial score (nSPS) is 24.5. The van der Waals surface area contributed by atoms with Crippen molar-refractivity contribution in [3.8, 4) is 0 Å². The van der Waals surface area contributed by atoms with Gasteiger partial charge >= 0.3 is 0 Å². The van der Waals surface area contributed by atoms with Crippen molar-refractivity contribution >= 4 is 35.0 Å². The van der Waals surface area contributed by atoms with Crippen molar-refractivity contribution in [2.75, 3.05) is 52.6 Å². The van der Waals surface area contributed by atoms with Gasteiger partial charge in [0.1, 0.15) is 0 Å². The third-order valence-corrected chi connectivity index (χ3v) is 7.13. The predicted molar refractivity (Wildman–Crippen MR) is 115 cm³/mol. The number of likely N-dealkylation sites (tertiary alicyclic amines) is 1. The summed E-state index contributed by atoms with van der Waals surface area (Å²) >= 11 is 12.6. The number of carbonyl (C=O) groups excluding carboxylic acids is 2. The molecule has 3 heterocycles. The lowest BCUT2D eigenvalue weighted by Crippen LogP contribution is -2.55. The van der Waals surface area contributed by atoms with E-state index in [-0.39, 0.29) is 17.7 Å². The number of amides is 2. The van der Waals surface area contributed by atoms with Gasteiger partial charge < -0.3 is 19.3 Å². The van der Waals surface area contributed by atoms with Crippen molar-refractivity contribution in [3.63, 3.8) is 0 Å². The molecule has 3 saturated heterocycles. The van der Waals surface area contributed by atoms with Gasteiger partial charge in [-0.15, -0.1) is 0 Å². The van der Waals surface area contributed by atoms with Gasteiger partial charge in [0.05, 0.1) is 24.5 Å². The van der Waals surface area contributed by atoms with Crippen molar-refractivity contribution in [1.29, 1.82) is 0 Å². The molecule has 0 N–H and O–H groups in total. The highest BCUT2D eigenvalue weighted by Gasteiger charge is 2.46. The fraction of sp³-hybridized carbons (Fsp3) is 0.636.